The first-order valence-electron chi connectivity index (χ1n) is 7.95. The van der Waals surface area contributed by atoms with Crippen molar-refractivity contribution in [3.63, 3.8) is 0 Å². The number of nitrogens with zero attached hydrogens (tertiary/aromatic N) is 3. The molecule has 10 nitrogen and oxygen atoms in total. The molecule has 4 unspecified atom stereocenters. The third-order valence-corrected chi connectivity index (χ3v) is 7.20. The second-order valence-corrected chi connectivity index (χ2v) is 8.41. The van der Waals surface area contributed by atoms with Crippen LogP contribution in [0, 0.1) is 0 Å². The molecule has 156 valence electrons. The number of hydrogen-bond donors (Lipinski definition) is 2. The molecule has 0 aromatic carbocycles. The van der Waals surface area contributed by atoms with Gasteiger partial charge in [-0.2, -0.15) is 0 Å². The summed E-state index contributed by atoms with van der Waals surface area (Å²) in [6.07, 6.45) is 0. The summed E-state index contributed by atoms with van der Waals surface area (Å²) in [5.74, 6) is -1.20. The molecule has 4 atom stereocenters. The second kappa shape index (κ2) is 9.57. The predicted octanol–water partition coefficient (Wildman–Crippen LogP) is 0.922. The Morgan fingerprint density at radius 1 is 1.52 bits per heavy atom. The Kier molecular flexibility index (Phi) is 7.34. The molecule has 2 amide bonds. The van der Waals surface area contributed by atoms with Crippen LogP contribution in [0.3, 0.4) is 0 Å². The summed E-state index contributed by atoms with van der Waals surface area (Å²) >= 11 is 8.58. The molecule has 1 saturated heterocycles. The first kappa shape index (κ1) is 22.2. The number of amides is 2. The van der Waals surface area contributed by atoms with Crippen LogP contribution in [0.2, 0.25) is 0 Å². The van der Waals surface area contributed by atoms with Crippen molar-refractivity contribution >= 4 is 82.2 Å². The number of hydrogen-bond acceptors (Lipinski definition) is 10. The highest BCUT2D eigenvalue weighted by Gasteiger charge is 2.54. The van der Waals surface area contributed by atoms with Crippen molar-refractivity contribution in [1.82, 2.24) is 15.2 Å². The topological polar surface area (TPSA) is 122 Å². The van der Waals surface area contributed by atoms with Crippen LogP contribution in [0.1, 0.15) is 5.69 Å². The maximum Gasteiger partial charge on any atom is 0.357 e. The number of anilines is 1. The lowest BCUT2D eigenvalue weighted by atomic mass is 10.0. The largest absolute Gasteiger partial charge is 0.447 e. The summed E-state index contributed by atoms with van der Waals surface area (Å²) in [6, 6.07) is -0.836. The van der Waals surface area contributed by atoms with Gasteiger partial charge in [0.05, 0.1) is 9.47 Å². The van der Waals surface area contributed by atoms with Gasteiger partial charge in [0.15, 0.2) is 10.8 Å². The molecule has 1 aromatic heterocycles. The Morgan fingerprint density at radius 2 is 2.28 bits per heavy atom. The van der Waals surface area contributed by atoms with Gasteiger partial charge >= 0.3 is 5.97 Å². The van der Waals surface area contributed by atoms with Gasteiger partial charge in [-0.05, 0) is 15.0 Å². The molecule has 29 heavy (non-hydrogen) atoms. The van der Waals surface area contributed by atoms with E-state index in [1.807, 2.05) is 9.47 Å². The van der Waals surface area contributed by atoms with Crippen molar-refractivity contribution in [3.8, 4) is 0 Å². The lowest BCUT2D eigenvalue weighted by Gasteiger charge is -2.49. The van der Waals surface area contributed by atoms with E-state index < -0.39 is 29.2 Å². The summed E-state index contributed by atoms with van der Waals surface area (Å²) in [7, 11) is 5.47. The molecule has 3 rings (SSSR count). The lowest BCUT2D eigenvalue weighted by molar-refractivity contribution is -0.149. The zero-order valence-corrected chi connectivity index (χ0v) is 19.6. The SMILES string of the molecule is CON=C(C(=O)NC1C(=O)N2C(C(=O)OP)=C(CCl)CSC12)c1csc(NP)n1. The molecule has 1 fully saturated rings. The third kappa shape index (κ3) is 4.22. The van der Waals surface area contributed by atoms with E-state index in [0.717, 1.165) is 0 Å². The molecular weight excluding hydrogens is 480 g/mol. The number of rotatable bonds is 7. The van der Waals surface area contributed by atoms with Gasteiger partial charge in [0, 0.05) is 17.0 Å². The fourth-order valence-electron chi connectivity index (χ4n) is 2.78. The van der Waals surface area contributed by atoms with Crippen molar-refractivity contribution in [1.29, 1.82) is 0 Å². The number of β-lactam (4-membered cyclic amide) rings is 1. The molecule has 15 heteroatoms. The molecule has 0 aliphatic carbocycles. The van der Waals surface area contributed by atoms with Crippen LogP contribution in [0.5, 0.6) is 0 Å². The molecule has 1 aromatic rings. The first-order valence-corrected chi connectivity index (χ1v) is 11.5. The summed E-state index contributed by atoms with van der Waals surface area (Å²) in [5.41, 5.74) is 0.954. The van der Waals surface area contributed by atoms with E-state index in [4.69, 9.17) is 21.0 Å². The number of halogens is 1. The van der Waals surface area contributed by atoms with Crippen molar-refractivity contribution in [2.45, 2.75) is 11.4 Å². The highest BCUT2D eigenvalue weighted by atomic mass is 35.5. The Labute approximate surface area is 183 Å². The number of aromatic nitrogens is 1. The van der Waals surface area contributed by atoms with Crippen LogP contribution in [0.15, 0.2) is 21.8 Å². The monoisotopic (exact) mass is 495 g/mol. The minimum absolute atomic E-state index is 0.0658. The highest BCUT2D eigenvalue weighted by molar-refractivity contribution is 8.00. The van der Waals surface area contributed by atoms with Crippen LogP contribution in [-0.2, 0) is 23.7 Å². The van der Waals surface area contributed by atoms with Crippen LogP contribution < -0.4 is 10.4 Å². The summed E-state index contributed by atoms with van der Waals surface area (Å²) in [6.45, 7) is 0. The van der Waals surface area contributed by atoms with Gasteiger partial charge in [-0.25, -0.2) is 9.78 Å². The molecule has 0 saturated carbocycles. The third-order valence-electron chi connectivity index (χ3n) is 4.06. The van der Waals surface area contributed by atoms with Crippen LogP contribution in [0.25, 0.3) is 0 Å². The summed E-state index contributed by atoms with van der Waals surface area (Å²) in [4.78, 5) is 47.8. The number of fused-ring (bicyclic) bond motifs is 1. The van der Waals surface area contributed by atoms with Crippen molar-refractivity contribution < 1.29 is 23.7 Å². The van der Waals surface area contributed by atoms with E-state index in [9.17, 15) is 14.4 Å². The Morgan fingerprint density at radius 3 is 2.86 bits per heavy atom. The Bertz CT molecular complexity index is 911. The van der Waals surface area contributed by atoms with Gasteiger partial charge < -0.3 is 19.8 Å². The molecular formula is C14H16ClN5O5P2S2. The molecule has 2 N–H and O–H groups in total. The fraction of sp³-hybridized carbons (Fsp3) is 0.357. The summed E-state index contributed by atoms with van der Waals surface area (Å²) in [5, 5.41) is 10.9. The maximum atomic E-state index is 12.8. The van der Waals surface area contributed by atoms with E-state index in [2.05, 4.69) is 29.9 Å². The van der Waals surface area contributed by atoms with Crippen molar-refractivity contribution in [2.24, 2.45) is 5.16 Å². The lowest BCUT2D eigenvalue weighted by Crippen LogP contribution is -2.71. The number of oxime groups is 1. The minimum atomic E-state index is -0.836. The number of carbonyl (C=O) groups is 3. The summed E-state index contributed by atoms with van der Waals surface area (Å²) < 4.78 is 4.70. The fourth-order valence-corrected chi connectivity index (χ4v) is 5.45. The van der Waals surface area contributed by atoms with Crippen LogP contribution >= 0.6 is 53.6 Å². The van der Waals surface area contributed by atoms with Gasteiger partial charge in [0.1, 0.15) is 29.9 Å². The molecule has 0 radical (unpaired) electrons. The van der Waals surface area contributed by atoms with Gasteiger partial charge in [-0.3, -0.25) is 14.5 Å². The van der Waals surface area contributed by atoms with E-state index in [1.165, 1.54) is 35.1 Å². The normalized spacial score (nSPS) is 21.3. The first-order chi connectivity index (χ1) is 14.0. The van der Waals surface area contributed by atoms with Gasteiger partial charge in [0.2, 0.25) is 0 Å². The smallest absolute Gasteiger partial charge is 0.357 e. The van der Waals surface area contributed by atoms with Crippen molar-refractivity contribution in [2.75, 3.05) is 23.8 Å². The quantitative estimate of drug-likeness (QED) is 0.188. The van der Waals surface area contributed by atoms with Gasteiger partial charge in [0.25, 0.3) is 11.8 Å². The second-order valence-electron chi connectivity index (χ2n) is 5.66. The number of thiazole rings is 1. The molecule has 0 bridgehead atoms. The molecule has 3 heterocycles. The Balaban J connectivity index is 1.79. The van der Waals surface area contributed by atoms with Crippen LogP contribution in [-0.4, -0.2) is 63.5 Å². The number of thioether (sulfide) groups is 1. The van der Waals surface area contributed by atoms with Crippen LogP contribution in [0.4, 0.5) is 5.13 Å². The number of alkyl halides is 1. The van der Waals surface area contributed by atoms with E-state index in [-0.39, 0.29) is 17.3 Å². The highest BCUT2D eigenvalue weighted by Crippen LogP contribution is 2.41. The zero-order chi connectivity index (χ0) is 21.1. The number of nitrogens with one attached hydrogen (secondary N) is 2. The van der Waals surface area contributed by atoms with E-state index in [0.29, 0.717) is 22.2 Å². The Hall–Kier alpha value is -1.45. The minimum Gasteiger partial charge on any atom is -0.447 e. The van der Waals surface area contributed by atoms with Gasteiger partial charge in [-0.1, -0.05) is 5.16 Å². The van der Waals surface area contributed by atoms with E-state index in [1.54, 1.807) is 5.38 Å². The molecule has 2 aliphatic rings. The van der Waals surface area contributed by atoms with Gasteiger partial charge in [-0.15, -0.1) is 34.7 Å². The molecule has 2 aliphatic heterocycles. The average molecular weight is 496 g/mol. The maximum absolute atomic E-state index is 12.8. The standard InChI is InChI=1S/C14H16ClN5O5P2S2/c1-24-18-7(6-4-29-14(16-6)19-26)10(21)17-8-11(22)20-9(13(23)25-27)5(2-15)3-28-12(8)20/h4,8,12H,2-3,26-27H2,1H3,(H,16,19)(H,17,21). The van der Waals surface area contributed by atoms with E-state index >= 15 is 0 Å². The zero-order valence-electron chi connectivity index (χ0n) is 14.9. The average Bonchev–Trinajstić information content (AvgIpc) is 3.22. The van der Waals surface area contributed by atoms with Crippen molar-refractivity contribution in [3.05, 3.63) is 22.3 Å². The predicted molar refractivity (Wildman–Crippen MR) is 118 cm³/mol. The molecule has 0 spiro atoms. The number of carbonyl (C=O) groups excluding carboxylic acids is 3.